The maximum atomic E-state index is 12.4. The lowest BCUT2D eigenvalue weighted by Gasteiger charge is -2.19. The third kappa shape index (κ3) is 3.74. The highest BCUT2D eigenvalue weighted by molar-refractivity contribution is 7.16. The molecule has 0 aliphatic carbocycles. The third-order valence-electron chi connectivity index (χ3n) is 4.49. The van der Waals surface area contributed by atoms with Gasteiger partial charge in [-0.1, -0.05) is 37.3 Å². The molecule has 5 nitrogen and oxygen atoms in total. The summed E-state index contributed by atoms with van der Waals surface area (Å²) < 4.78 is 1.44. The molecule has 0 aliphatic rings. The van der Waals surface area contributed by atoms with Crippen LogP contribution in [-0.2, 0) is 6.54 Å². The molecule has 0 saturated carbocycles. The Morgan fingerprint density at radius 1 is 1.24 bits per heavy atom. The summed E-state index contributed by atoms with van der Waals surface area (Å²) >= 11 is 1.53. The molecule has 0 atom stereocenters. The SMILES string of the molecule is CCC(CC)c1nn2c(=O)cc(CN(C)c3cccc(C)c3)nc2s1. The molecule has 6 heteroatoms. The first-order valence-corrected chi connectivity index (χ1v) is 9.51. The van der Waals surface area contributed by atoms with Crippen LogP contribution in [0.25, 0.3) is 4.96 Å². The molecule has 2 aromatic heterocycles. The number of benzene rings is 1. The molecule has 0 fully saturated rings. The van der Waals surface area contributed by atoms with Crippen LogP contribution >= 0.6 is 11.3 Å². The highest BCUT2D eigenvalue weighted by Gasteiger charge is 2.15. The molecule has 2 heterocycles. The fourth-order valence-electron chi connectivity index (χ4n) is 2.95. The lowest BCUT2D eigenvalue weighted by Crippen LogP contribution is -2.21. The van der Waals surface area contributed by atoms with Crippen LogP contribution in [0.3, 0.4) is 0 Å². The number of fused-ring (bicyclic) bond motifs is 1. The van der Waals surface area contributed by atoms with E-state index in [4.69, 9.17) is 0 Å². The van der Waals surface area contributed by atoms with Gasteiger partial charge in [0, 0.05) is 24.7 Å². The smallest absolute Gasteiger partial charge is 0.275 e. The molecule has 1 aromatic carbocycles. The molecule has 0 N–H and O–H groups in total. The Kier molecular flexibility index (Phi) is 5.18. The monoisotopic (exact) mass is 356 g/mol. The van der Waals surface area contributed by atoms with Crippen LogP contribution in [0.4, 0.5) is 5.69 Å². The van der Waals surface area contributed by atoms with Gasteiger partial charge in [-0.25, -0.2) is 4.98 Å². The van der Waals surface area contributed by atoms with E-state index in [-0.39, 0.29) is 5.56 Å². The van der Waals surface area contributed by atoms with Crippen LogP contribution in [0.2, 0.25) is 0 Å². The lowest BCUT2D eigenvalue weighted by molar-refractivity contribution is 0.623. The molecule has 3 aromatic rings. The van der Waals surface area contributed by atoms with E-state index in [1.807, 2.05) is 13.1 Å². The van der Waals surface area contributed by atoms with Gasteiger partial charge in [-0.05, 0) is 37.5 Å². The van der Waals surface area contributed by atoms with Crippen molar-refractivity contribution in [1.29, 1.82) is 0 Å². The van der Waals surface area contributed by atoms with Gasteiger partial charge in [0.2, 0.25) is 4.96 Å². The molecule has 0 unspecified atom stereocenters. The molecular weight excluding hydrogens is 332 g/mol. The summed E-state index contributed by atoms with van der Waals surface area (Å²) in [6.45, 7) is 6.97. The predicted octanol–water partition coefficient (Wildman–Crippen LogP) is 4.00. The molecule has 0 amide bonds. The van der Waals surface area contributed by atoms with Crippen LogP contribution in [0.1, 0.15) is 48.9 Å². The van der Waals surface area contributed by atoms with Gasteiger partial charge in [-0.3, -0.25) is 4.79 Å². The molecule has 25 heavy (non-hydrogen) atoms. The first kappa shape index (κ1) is 17.6. The number of aromatic nitrogens is 3. The first-order chi connectivity index (χ1) is 12.0. The molecule has 0 saturated heterocycles. The molecule has 0 aliphatic heterocycles. The van der Waals surface area contributed by atoms with Crippen molar-refractivity contribution in [2.75, 3.05) is 11.9 Å². The van der Waals surface area contributed by atoms with Gasteiger partial charge in [0.15, 0.2) is 0 Å². The van der Waals surface area contributed by atoms with E-state index in [9.17, 15) is 4.79 Å². The van der Waals surface area contributed by atoms with Gasteiger partial charge in [0.1, 0.15) is 5.01 Å². The van der Waals surface area contributed by atoms with E-state index in [0.717, 1.165) is 29.2 Å². The van der Waals surface area contributed by atoms with E-state index >= 15 is 0 Å². The van der Waals surface area contributed by atoms with Gasteiger partial charge in [0.05, 0.1) is 12.2 Å². The van der Waals surface area contributed by atoms with Crippen molar-refractivity contribution in [2.45, 2.75) is 46.1 Å². The lowest BCUT2D eigenvalue weighted by atomic mass is 10.1. The van der Waals surface area contributed by atoms with Gasteiger partial charge in [0.25, 0.3) is 5.56 Å². The average Bonchev–Trinajstić information content (AvgIpc) is 3.00. The summed E-state index contributed by atoms with van der Waals surface area (Å²) in [4.78, 5) is 19.9. The summed E-state index contributed by atoms with van der Waals surface area (Å²) in [6, 6.07) is 9.90. The zero-order chi connectivity index (χ0) is 18.0. The zero-order valence-corrected chi connectivity index (χ0v) is 16.0. The Balaban J connectivity index is 1.91. The van der Waals surface area contributed by atoms with Crippen molar-refractivity contribution in [3.8, 4) is 0 Å². The standard InChI is InChI=1S/C19H24N4OS/c1-5-14(6-2)18-21-23-17(24)11-15(20-19(23)25-18)12-22(4)16-9-7-8-13(3)10-16/h7-11,14H,5-6,12H2,1-4H3. The third-order valence-corrected chi connectivity index (χ3v) is 5.56. The van der Waals surface area contributed by atoms with Crippen molar-refractivity contribution in [3.63, 3.8) is 0 Å². The largest absolute Gasteiger partial charge is 0.369 e. The predicted molar refractivity (Wildman–Crippen MR) is 104 cm³/mol. The number of anilines is 1. The molecular formula is C19H24N4OS. The van der Waals surface area contributed by atoms with E-state index in [0.29, 0.717) is 17.4 Å². The highest BCUT2D eigenvalue weighted by Crippen LogP contribution is 2.26. The number of hydrogen-bond acceptors (Lipinski definition) is 5. The summed E-state index contributed by atoms with van der Waals surface area (Å²) in [5.74, 6) is 0.393. The van der Waals surface area contributed by atoms with Crippen molar-refractivity contribution in [3.05, 3.63) is 57.0 Å². The van der Waals surface area contributed by atoms with Gasteiger partial charge in [-0.2, -0.15) is 9.61 Å². The van der Waals surface area contributed by atoms with Gasteiger partial charge < -0.3 is 4.90 Å². The minimum Gasteiger partial charge on any atom is -0.369 e. The summed E-state index contributed by atoms with van der Waals surface area (Å²) in [5.41, 5.74) is 2.99. The van der Waals surface area contributed by atoms with Crippen molar-refractivity contribution >= 4 is 22.0 Å². The molecule has 0 bridgehead atoms. The number of hydrogen-bond donors (Lipinski definition) is 0. The van der Waals surface area contributed by atoms with Crippen LogP contribution in [0, 0.1) is 6.92 Å². The second kappa shape index (κ2) is 7.35. The fraction of sp³-hybridized carbons (Fsp3) is 0.421. The zero-order valence-electron chi connectivity index (χ0n) is 15.2. The minimum atomic E-state index is -0.105. The molecule has 0 radical (unpaired) electrons. The van der Waals surface area contributed by atoms with Crippen LogP contribution < -0.4 is 10.5 Å². The number of nitrogens with zero attached hydrogens (tertiary/aromatic N) is 4. The van der Waals surface area contributed by atoms with E-state index in [2.05, 4.69) is 54.0 Å². The van der Waals surface area contributed by atoms with E-state index in [1.54, 1.807) is 6.07 Å². The Bertz CT molecular complexity index is 927. The average molecular weight is 356 g/mol. The second-order valence-corrected chi connectivity index (χ2v) is 7.42. The van der Waals surface area contributed by atoms with Gasteiger partial charge >= 0.3 is 0 Å². The maximum Gasteiger partial charge on any atom is 0.275 e. The van der Waals surface area contributed by atoms with E-state index < -0.39 is 0 Å². The minimum absolute atomic E-state index is 0.105. The van der Waals surface area contributed by atoms with Crippen molar-refractivity contribution in [2.24, 2.45) is 0 Å². The van der Waals surface area contributed by atoms with Crippen molar-refractivity contribution < 1.29 is 0 Å². The fourth-order valence-corrected chi connectivity index (χ4v) is 4.14. The maximum absolute atomic E-state index is 12.4. The topological polar surface area (TPSA) is 50.5 Å². The van der Waals surface area contributed by atoms with Crippen LogP contribution in [0.5, 0.6) is 0 Å². The number of rotatable bonds is 6. The Morgan fingerprint density at radius 3 is 2.68 bits per heavy atom. The second-order valence-electron chi connectivity index (χ2n) is 6.43. The molecule has 3 rings (SSSR count). The summed E-state index contributed by atoms with van der Waals surface area (Å²) in [7, 11) is 2.01. The molecule has 132 valence electrons. The Labute approximate surface area is 152 Å². The molecule has 0 spiro atoms. The normalized spacial score (nSPS) is 11.4. The Morgan fingerprint density at radius 2 is 2.00 bits per heavy atom. The quantitative estimate of drug-likeness (QED) is 0.670. The highest BCUT2D eigenvalue weighted by atomic mass is 32.1. The first-order valence-electron chi connectivity index (χ1n) is 8.69. The Hall–Kier alpha value is -2.21. The summed E-state index contributed by atoms with van der Waals surface area (Å²) in [6.07, 6.45) is 2.04. The van der Waals surface area contributed by atoms with Gasteiger partial charge in [-0.15, -0.1) is 0 Å². The van der Waals surface area contributed by atoms with Crippen LogP contribution in [0.15, 0.2) is 35.1 Å². The van der Waals surface area contributed by atoms with Crippen LogP contribution in [-0.4, -0.2) is 21.6 Å². The summed E-state index contributed by atoms with van der Waals surface area (Å²) in [5, 5.41) is 5.49. The number of aryl methyl sites for hydroxylation is 1. The van der Waals surface area contributed by atoms with Crippen molar-refractivity contribution in [1.82, 2.24) is 14.6 Å². The van der Waals surface area contributed by atoms with E-state index in [1.165, 1.54) is 21.4 Å².